The molecular weight excluding hydrogens is 200 g/mol. The summed E-state index contributed by atoms with van der Waals surface area (Å²) in [7, 11) is 1.81. The maximum Gasteiger partial charge on any atom is 0.234 e. The minimum atomic E-state index is 0.134. The van der Waals surface area contributed by atoms with Gasteiger partial charge in [0.1, 0.15) is 0 Å². The van der Waals surface area contributed by atoms with Crippen molar-refractivity contribution in [3.8, 4) is 0 Å². The molecule has 0 aromatic rings. The number of fused-ring (bicyclic) bond motifs is 2. The fraction of sp³-hybridized carbons (Fsp3) is 0.923. The number of likely N-dealkylation sites (N-methyl/N-ethyl adjacent to an activating group) is 1. The van der Waals surface area contributed by atoms with Gasteiger partial charge in [-0.25, -0.2) is 0 Å². The highest BCUT2D eigenvalue weighted by atomic mass is 16.2. The summed E-state index contributed by atoms with van der Waals surface area (Å²) in [4.78, 5) is 11.7. The van der Waals surface area contributed by atoms with E-state index in [1.54, 1.807) is 0 Å². The van der Waals surface area contributed by atoms with Gasteiger partial charge >= 0.3 is 0 Å². The molecule has 3 unspecified atom stereocenters. The van der Waals surface area contributed by atoms with Crippen LogP contribution in [0.15, 0.2) is 0 Å². The van der Waals surface area contributed by atoms with E-state index in [-0.39, 0.29) is 11.3 Å². The molecule has 2 saturated carbocycles. The van der Waals surface area contributed by atoms with Crippen molar-refractivity contribution in [1.29, 1.82) is 0 Å². The van der Waals surface area contributed by atoms with E-state index in [1.807, 2.05) is 7.05 Å². The first kappa shape index (κ1) is 11.9. The van der Waals surface area contributed by atoms with Gasteiger partial charge in [0.05, 0.1) is 6.54 Å². The highest BCUT2D eigenvalue weighted by molar-refractivity contribution is 5.78. The van der Waals surface area contributed by atoms with E-state index in [0.29, 0.717) is 18.0 Å². The topological polar surface area (TPSA) is 41.1 Å². The molecule has 2 aliphatic carbocycles. The Balaban J connectivity index is 2.11. The fourth-order valence-electron chi connectivity index (χ4n) is 4.03. The second kappa shape index (κ2) is 3.73. The van der Waals surface area contributed by atoms with E-state index in [4.69, 9.17) is 0 Å². The Labute approximate surface area is 98.4 Å². The Morgan fingerprint density at radius 3 is 2.56 bits per heavy atom. The summed E-state index contributed by atoms with van der Waals surface area (Å²) in [6.45, 7) is 7.39. The number of nitrogens with one attached hydrogen (secondary N) is 2. The Morgan fingerprint density at radius 1 is 1.38 bits per heavy atom. The van der Waals surface area contributed by atoms with Gasteiger partial charge in [-0.3, -0.25) is 4.79 Å². The second-order valence-electron chi connectivity index (χ2n) is 6.45. The first-order valence-electron chi connectivity index (χ1n) is 6.34. The number of hydrogen-bond acceptors (Lipinski definition) is 2. The van der Waals surface area contributed by atoms with Crippen LogP contribution in [0, 0.1) is 16.7 Å². The molecule has 0 spiro atoms. The van der Waals surface area contributed by atoms with Crippen molar-refractivity contribution < 1.29 is 4.79 Å². The van der Waals surface area contributed by atoms with E-state index in [1.165, 1.54) is 19.3 Å². The van der Waals surface area contributed by atoms with Crippen molar-refractivity contribution in [3.05, 3.63) is 0 Å². The highest BCUT2D eigenvalue weighted by Gasteiger charge is 2.59. The zero-order valence-electron chi connectivity index (χ0n) is 10.9. The summed E-state index contributed by atoms with van der Waals surface area (Å²) in [5.74, 6) is 0.923. The molecule has 2 bridgehead atoms. The predicted octanol–water partition coefficient (Wildman–Crippen LogP) is 1.54. The van der Waals surface area contributed by atoms with Gasteiger partial charge in [0, 0.05) is 6.04 Å². The molecule has 1 amide bonds. The van der Waals surface area contributed by atoms with Crippen molar-refractivity contribution in [2.24, 2.45) is 16.7 Å². The van der Waals surface area contributed by atoms with E-state index in [0.717, 1.165) is 5.92 Å². The summed E-state index contributed by atoms with van der Waals surface area (Å²) >= 11 is 0. The van der Waals surface area contributed by atoms with Crippen LogP contribution in [0.4, 0.5) is 0 Å². The molecular formula is C13H24N2O. The molecule has 3 heteroatoms. The maximum absolute atomic E-state index is 11.7. The molecule has 92 valence electrons. The number of carbonyl (C=O) groups excluding carboxylic acids is 1. The third-order valence-corrected chi connectivity index (χ3v) is 4.91. The lowest BCUT2D eigenvalue weighted by atomic mass is 9.68. The average molecular weight is 224 g/mol. The standard InChI is InChI=1S/C13H24N2O/c1-12(2)9-5-6-13(3,7-9)11(12)15-10(16)8-14-4/h9,11,14H,5-8H2,1-4H3,(H,15,16). The van der Waals surface area contributed by atoms with Gasteiger partial charge in [-0.1, -0.05) is 20.8 Å². The summed E-state index contributed by atoms with van der Waals surface area (Å²) in [5.41, 5.74) is 0.591. The average Bonchev–Trinajstić information content (AvgIpc) is 2.64. The second-order valence-corrected chi connectivity index (χ2v) is 6.45. The van der Waals surface area contributed by atoms with Gasteiger partial charge in [0.25, 0.3) is 0 Å². The highest BCUT2D eigenvalue weighted by Crippen LogP contribution is 2.62. The molecule has 0 aromatic carbocycles. The van der Waals surface area contributed by atoms with Crippen LogP contribution in [0.2, 0.25) is 0 Å². The van der Waals surface area contributed by atoms with Crippen LogP contribution in [-0.4, -0.2) is 25.5 Å². The number of amides is 1. The molecule has 16 heavy (non-hydrogen) atoms. The smallest absolute Gasteiger partial charge is 0.234 e. The molecule has 0 heterocycles. The van der Waals surface area contributed by atoms with Gasteiger partial charge < -0.3 is 10.6 Å². The number of hydrogen-bond donors (Lipinski definition) is 2. The molecule has 2 fully saturated rings. The first-order valence-corrected chi connectivity index (χ1v) is 6.34. The van der Waals surface area contributed by atoms with Gasteiger partial charge in [-0.05, 0) is 43.1 Å². The van der Waals surface area contributed by atoms with Crippen LogP contribution in [0.25, 0.3) is 0 Å². The lowest BCUT2D eigenvalue weighted by Crippen LogP contribution is -2.53. The molecule has 2 aliphatic rings. The fourth-order valence-corrected chi connectivity index (χ4v) is 4.03. The van der Waals surface area contributed by atoms with Gasteiger partial charge in [-0.2, -0.15) is 0 Å². The molecule has 2 N–H and O–H groups in total. The van der Waals surface area contributed by atoms with E-state index in [9.17, 15) is 4.79 Å². The molecule has 3 nitrogen and oxygen atoms in total. The van der Waals surface area contributed by atoms with Crippen molar-refractivity contribution in [2.75, 3.05) is 13.6 Å². The Kier molecular flexibility index (Phi) is 2.77. The van der Waals surface area contributed by atoms with E-state index >= 15 is 0 Å². The van der Waals surface area contributed by atoms with Crippen molar-refractivity contribution in [2.45, 2.75) is 46.1 Å². The maximum atomic E-state index is 11.7. The number of rotatable bonds is 3. The van der Waals surface area contributed by atoms with Crippen molar-refractivity contribution >= 4 is 5.91 Å². The van der Waals surface area contributed by atoms with Crippen LogP contribution in [0.5, 0.6) is 0 Å². The summed E-state index contributed by atoms with van der Waals surface area (Å²) < 4.78 is 0. The quantitative estimate of drug-likeness (QED) is 0.763. The largest absolute Gasteiger partial charge is 0.351 e. The zero-order valence-corrected chi connectivity index (χ0v) is 10.9. The minimum absolute atomic E-state index is 0.134. The van der Waals surface area contributed by atoms with E-state index < -0.39 is 0 Å². The van der Waals surface area contributed by atoms with E-state index in [2.05, 4.69) is 31.4 Å². The number of carbonyl (C=O) groups is 1. The van der Waals surface area contributed by atoms with Gasteiger partial charge in [0.2, 0.25) is 5.91 Å². The van der Waals surface area contributed by atoms with Crippen LogP contribution in [-0.2, 0) is 4.79 Å². The monoisotopic (exact) mass is 224 g/mol. The lowest BCUT2D eigenvalue weighted by Gasteiger charge is -2.43. The molecule has 0 radical (unpaired) electrons. The molecule has 0 aromatic heterocycles. The molecule has 2 rings (SSSR count). The zero-order chi connectivity index (χ0) is 12.0. The Bertz CT molecular complexity index is 296. The summed E-state index contributed by atoms with van der Waals surface area (Å²) in [5, 5.41) is 6.15. The summed E-state index contributed by atoms with van der Waals surface area (Å²) in [6.07, 6.45) is 3.89. The Hall–Kier alpha value is -0.570. The van der Waals surface area contributed by atoms with Crippen LogP contribution in [0.3, 0.4) is 0 Å². The van der Waals surface area contributed by atoms with Gasteiger partial charge in [0.15, 0.2) is 0 Å². The third kappa shape index (κ3) is 1.65. The third-order valence-electron chi connectivity index (χ3n) is 4.91. The normalized spacial score (nSPS) is 40.0. The predicted molar refractivity (Wildman–Crippen MR) is 65.1 cm³/mol. The first-order chi connectivity index (χ1) is 7.40. The SMILES string of the molecule is CNCC(=O)NC1C2(C)CCC(C2)C1(C)C. The Morgan fingerprint density at radius 2 is 2.06 bits per heavy atom. The molecule has 0 aliphatic heterocycles. The van der Waals surface area contributed by atoms with Crippen molar-refractivity contribution in [1.82, 2.24) is 10.6 Å². The van der Waals surface area contributed by atoms with Crippen molar-refractivity contribution in [3.63, 3.8) is 0 Å². The minimum Gasteiger partial charge on any atom is -0.351 e. The molecule has 0 saturated heterocycles. The van der Waals surface area contributed by atoms with Crippen LogP contribution >= 0.6 is 0 Å². The van der Waals surface area contributed by atoms with Crippen LogP contribution < -0.4 is 10.6 Å². The summed E-state index contributed by atoms with van der Waals surface area (Å²) in [6, 6.07) is 0.347. The van der Waals surface area contributed by atoms with Crippen LogP contribution in [0.1, 0.15) is 40.0 Å². The molecule has 3 atom stereocenters. The van der Waals surface area contributed by atoms with Gasteiger partial charge in [-0.15, -0.1) is 0 Å². The lowest BCUT2D eigenvalue weighted by molar-refractivity contribution is -0.122.